The second-order valence-electron chi connectivity index (χ2n) is 1.64. The van der Waals surface area contributed by atoms with Crippen LogP contribution < -0.4 is 4.74 Å². The topological polar surface area (TPSA) is 17.0 Å². The van der Waals surface area contributed by atoms with Gasteiger partial charge in [-0.3, -0.25) is 0 Å². The molecule has 2 nitrogen and oxygen atoms in total. The van der Waals surface area contributed by atoms with Crippen LogP contribution in [0, 0.1) is 6.92 Å². The molecule has 0 spiro atoms. The van der Waals surface area contributed by atoms with Gasteiger partial charge in [0.15, 0.2) is 13.3 Å². The van der Waals surface area contributed by atoms with Crippen LogP contribution in [0.5, 0.6) is 0 Å². The van der Waals surface area contributed by atoms with Crippen LogP contribution in [0.1, 0.15) is 5.56 Å². The maximum atomic E-state index is 4.88. The van der Waals surface area contributed by atoms with E-state index in [1.54, 1.807) is 11.0 Å². The van der Waals surface area contributed by atoms with E-state index in [1.165, 1.54) is 0 Å². The van der Waals surface area contributed by atoms with Crippen molar-refractivity contribution < 1.29 is 9.26 Å². The lowest BCUT2D eigenvalue weighted by atomic mass is 10.4. The van der Waals surface area contributed by atoms with E-state index in [-0.39, 0.29) is 0 Å². The quantitative estimate of drug-likeness (QED) is 0.429. The maximum Gasteiger partial charge on any atom is 0.222 e. The van der Waals surface area contributed by atoms with Crippen molar-refractivity contribution in [3.63, 3.8) is 0 Å². The maximum absolute atomic E-state index is 4.88. The van der Waals surface area contributed by atoms with E-state index in [2.05, 4.69) is 0 Å². The van der Waals surface area contributed by atoms with Gasteiger partial charge in [0, 0.05) is 0 Å². The summed E-state index contributed by atoms with van der Waals surface area (Å²) in [6.07, 6.45) is 3.62. The molecule has 1 rings (SSSR count). The lowest BCUT2D eigenvalue weighted by molar-refractivity contribution is -0.845. The molecule has 0 saturated carbocycles. The molecule has 0 aromatic carbocycles. The monoisotopic (exact) mass is 98.1 g/mol. The second kappa shape index (κ2) is 1.37. The molecule has 1 heterocycles. The third kappa shape index (κ3) is 0.796. The molecular formula is C5H8NO+. The van der Waals surface area contributed by atoms with Gasteiger partial charge in [0.1, 0.15) is 0 Å². The first kappa shape index (κ1) is 4.37. The summed E-state index contributed by atoms with van der Waals surface area (Å²) in [5.41, 5.74) is 1.16. The molecule has 0 aliphatic rings. The number of rotatable bonds is 0. The predicted octanol–water partition coefficient (Wildman–Crippen LogP) is 0.413. The Balaban J connectivity index is 3.04. The fourth-order valence-electron chi connectivity index (χ4n) is 0.514. The fraction of sp³-hybridized carbons (Fsp3) is 0.400. The first-order valence-corrected chi connectivity index (χ1v) is 2.20. The van der Waals surface area contributed by atoms with Crippen molar-refractivity contribution in [2.45, 2.75) is 6.92 Å². The summed E-state index contributed by atoms with van der Waals surface area (Å²) in [7, 11) is 1.85. The molecule has 0 amide bonds. The molecular weight excluding hydrogens is 90.1 g/mol. The van der Waals surface area contributed by atoms with Crippen LogP contribution in [0.25, 0.3) is 0 Å². The molecule has 0 N–H and O–H groups in total. The minimum atomic E-state index is 1.16. The molecule has 38 valence electrons. The molecule has 0 aliphatic heterocycles. The Labute approximate surface area is 42.3 Å². The highest BCUT2D eigenvalue weighted by atomic mass is 16.5. The molecule has 0 bridgehead atoms. The Kier molecular flexibility index (Phi) is 0.855. The van der Waals surface area contributed by atoms with Gasteiger partial charge in [-0.25, -0.2) is 4.52 Å². The lowest BCUT2D eigenvalue weighted by Gasteiger charge is -1.62. The Morgan fingerprint density at radius 3 is 2.57 bits per heavy atom. The summed E-state index contributed by atoms with van der Waals surface area (Å²) in [5, 5.41) is 0. The SMILES string of the molecule is Cc1co[n+](C)c1. The van der Waals surface area contributed by atoms with Crippen molar-refractivity contribution in [1.29, 1.82) is 0 Å². The summed E-state index contributed by atoms with van der Waals surface area (Å²) in [4.78, 5) is 0. The standard InChI is InChI=1S/C5H8NO/c1-5-3-6(2)7-4-5/h3-4H,1-2H3/q+1. The fourth-order valence-corrected chi connectivity index (χ4v) is 0.514. The highest BCUT2D eigenvalue weighted by Crippen LogP contribution is 1.86. The van der Waals surface area contributed by atoms with Crippen LogP contribution in [0.2, 0.25) is 0 Å². The average molecular weight is 98.1 g/mol. The summed E-state index contributed by atoms with van der Waals surface area (Å²) < 4.78 is 6.54. The molecule has 0 radical (unpaired) electrons. The number of hydrogen-bond acceptors (Lipinski definition) is 1. The number of aromatic nitrogens is 1. The van der Waals surface area contributed by atoms with E-state index in [0.29, 0.717) is 0 Å². The van der Waals surface area contributed by atoms with Gasteiger partial charge >= 0.3 is 0 Å². The Morgan fingerprint density at radius 1 is 1.71 bits per heavy atom. The van der Waals surface area contributed by atoms with E-state index in [0.717, 1.165) is 5.56 Å². The average Bonchev–Trinajstić information content (AvgIpc) is 1.87. The van der Waals surface area contributed by atoms with Gasteiger partial charge in [-0.2, -0.15) is 0 Å². The normalized spacial score (nSPS) is 9.43. The minimum Gasteiger partial charge on any atom is -0.245 e. The Morgan fingerprint density at radius 2 is 2.43 bits per heavy atom. The summed E-state index contributed by atoms with van der Waals surface area (Å²) in [5.74, 6) is 0. The van der Waals surface area contributed by atoms with Crippen LogP contribution in [0.4, 0.5) is 0 Å². The third-order valence-corrected chi connectivity index (χ3v) is 0.790. The number of aryl methyl sites for hydroxylation is 2. The molecule has 7 heavy (non-hydrogen) atoms. The summed E-state index contributed by atoms with van der Waals surface area (Å²) in [6, 6.07) is 0. The van der Waals surface area contributed by atoms with Crippen LogP contribution in [0.15, 0.2) is 17.0 Å². The van der Waals surface area contributed by atoms with Gasteiger partial charge in [-0.1, -0.05) is 0 Å². The van der Waals surface area contributed by atoms with Gasteiger partial charge in [-0.15, -0.1) is 0 Å². The Bertz CT molecular complexity index is 140. The summed E-state index contributed by atoms with van der Waals surface area (Å²) >= 11 is 0. The van der Waals surface area contributed by atoms with Crippen molar-refractivity contribution in [1.82, 2.24) is 0 Å². The smallest absolute Gasteiger partial charge is 0.222 e. The predicted molar refractivity (Wildman–Crippen MR) is 24.6 cm³/mol. The highest BCUT2D eigenvalue weighted by Gasteiger charge is 1.93. The van der Waals surface area contributed by atoms with Crippen molar-refractivity contribution >= 4 is 0 Å². The lowest BCUT2D eigenvalue weighted by Crippen LogP contribution is -2.22. The minimum absolute atomic E-state index is 1.16. The first-order chi connectivity index (χ1) is 3.29. The van der Waals surface area contributed by atoms with Gasteiger partial charge in [-0.05, 0) is 11.7 Å². The second-order valence-corrected chi connectivity index (χ2v) is 1.64. The zero-order chi connectivity index (χ0) is 5.28. The van der Waals surface area contributed by atoms with Crippen molar-refractivity contribution in [3.05, 3.63) is 18.0 Å². The molecule has 0 atom stereocenters. The highest BCUT2D eigenvalue weighted by molar-refractivity contribution is 4.91. The van der Waals surface area contributed by atoms with Gasteiger partial charge < -0.3 is 0 Å². The third-order valence-electron chi connectivity index (χ3n) is 0.790. The molecule has 2 heteroatoms. The largest absolute Gasteiger partial charge is 0.245 e. The molecule has 1 aromatic rings. The van der Waals surface area contributed by atoms with Gasteiger partial charge in [0.2, 0.25) is 6.20 Å². The van der Waals surface area contributed by atoms with E-state index in [9.17, 15) is 0 Å². The molecule has 0 fully saturated rings. The van der Waals surface area contributed by atoms with E-state index >= 15 is 0 Å². The van der Waals surface area contributed by atoms with Crippen LogP contribution in [-0.2, 0) is 7.05 Å². The molecule has 0 saturated heterocycles. The van der Waals surface area contributed by atoms with Crippen molar-refractivity contribution in [2.75, 3.05) is 0 Å². The zero-order valence-corrected chi connectivity index (χ0v) is 4.51. The first-order valence-electron chi connectivity index (χ1n) is 2.20. The number of nitrogens with zero attached hydrogens (tertiary/aromatic N) is 1. The number of hydrogen-bond donors (Lipinski definition) is 0. The molecule has 0 aliphatic carbocycles. The van der Waals surface area contributed by atoms with Crippen LogP contribution >= 0.6 is 0 Å². The molecule has 1 aromatic heterocycles. The van der Waals surface area contributed by atoms with Crippen molar-refractivity contribution in [2.24, 2.45) is 7.05 Å². The van der Waals surface area contributed by atoms with E-state index in [4.69, 9.17) is 4.52 Å². The zero-order valence-electron chi connectivity index (χ0n) is 4.51. The van der Waals surface area contributed by atoms with Crippen molar-refractivity contribution in [3.8, 4) is 0 Å². The Hall–Kier alpha value is -0.790. The van der Waals surface area contributed by atoms with Gasteiger partial charge in [0.25, 0.3) is 0 Å². The van der Waals surface area contributed by atoms with Crippen LogP contribution in [0.3, 0.4) is 0 Å². The van der Waals surface area contributed by atoms with Crippen LogP contribution in [-0.4, -0.2) is 0 Å². The van der Waals surface area contributed by atoms with E-state index < -0.39 is 0 Å². The molecule has 0 unspecified atom stereocenters. The van der Waals surface area contributed by atoms with Gasteiger partial charge in [0.05, 0.1) is 5.56 Å². The summed E-state index contributed by atoms with van der Waals surface area (Å²) in [6.45, 7) is 1.99. The van der Waals surface area contributed by atoms with E-state index in [1.807, 2.05) is 20.2 Å².